The first-order valence-electron chi connectivity index (χ1n) is 10.2. The maximum absolute atomic E-state index is 12.9. The molecule has 174 valence electrons. The lowest BCUT2D eigenvalue weighted by Gasteiger charge is -2.08. The molecule has 0 aliphatic heterocycles. The zero-order valence-electron chi connectivity index (χ0n) is 18.7. The van der Waals surface area contributed by atoms with E-state index in [1.54, 1.807) is 48.7 Å². The topological polar surface area (TPSA) is 105 Å². The summed E-state index contributed by atoms with van der Waals surface area (Å²) in [4.78, 5) is 41.8. The summed E-state index contributed by atoms with van der Waals surface area (Å²) < 4.78 is 22.9. The summed E-state index contributed by atoms with van der Waals surface area (Å²) in [5, 5.41) is 0. The minimum absolute atomic E-state index is 0.134. The zero-order chi connectivity index (χ0) is 24.0. The van der Waals surface area contributed by atoms with Gasteiger partial charge in [-0.05, 0) is 50.2 Å². The second kappa shape index (κ2) is 10.8. The largest absolute Gasteiger partial charge is 0.493 e. The van der Waals surface area contributed by atoms with Gasteiger partial charge in [0.05, 0.1) is 43.2 Å². The van der Waals surface area contributed by atoms with Crippen LogP contribution in [0.3, 0.4) is 0 Å². The summed E-state index contributed by atoms with van der Waals surface area (Å²) in [5.41, 5.74) is 1.30. The number of hydrogen-bond acceptors (Lipinski definition) is 8. The maximum atomic E-state index is 12.9. The van der Waals surface area contributed by atoms with Gasteiger partial charge in [0.15, 0.2) is 16.3 Å². The molecule has 1 heterocycles. The van der Waals surface area contributed by atoms with Crippen LogP contribution in [-0.2, 0) is 20.8 Å². The van der Waals surface area contributed by atoms with Crippen molar-refractivity contribution in [3.8, 4) is 11.5 Å². The SMILES string of the molecule is CCOC(=O)Cn1c(=NC(=O)c2ccc(OC)c(OC)c2)sc2cc(C(=O)OCC)ccc21. The number of carbonyl (C=O) groups is 3. The van der Waals surface area contributed by atoms with Crippen LogP contribution in [0.4, 0.5) is 0 Å². The fourth-order valence-electron chi connectivity index (χ4n) is 3.11. The molecule has 3 rings (SSSR count). The average Bonchev–Trinajstić information content (AvgIpc) is 3.14. The molecule has 0 aliphatic rings. The van der Waals surface area contributed by atoms with E-state index < -0.39 is 17.8 Å². The van der Waals surface area contributed by atoms with E-state index in [-0.39, 0.29) is 19.8 Å². The predicted molar refractivity (Wildman–Crippen MR) is 122 cm³/mol. The Morgan fingerprint density at radius 2 is 1.61 bits per heavy atom. The van der Waals surface area contributed by atoms with E-state index in [4.69, 9.17) is 18.9 Å². The number of fused-ring (bicyclic) bond motifs is 1. The first kappa shape index (κ1) is 24.0. The molecular formula is C23H24N2O7S. The Labute approximate surface area is 194 Å². The van der Waals surface area contributed by atoms with Gasteiger partial charge in [-0.25, -0.2) is 4.79 Å². The summed E-state index contributed by atoms with van der Waals surface area (Å²) in [6, 6.07) is 9.68. The van der Waals surface area contributed by atoms with Crippen molar-refractivity contribution >= 4 is 39.4 Å². The van der Waals surface area contributed by atoms with Crippen molar-refractivity contribution in [2.45, 2.75) is 20.4 Å². The standard InChI is InChI=1S/C23H24N2O7S/c1-5-31-20(26)13-25-16-9-7-15(22(28)32-6-2)12-19(16)33-23(25)24-21(27)14-8-10-17(29-3)18(11-14)30-4/h7-12H,5-6,13H2,1-4H3. The molecule has 33 heavy (non-hydrogen) atoms. The third kappa shape index (κ3) is 5.40. The molecule has 0 saturated carbocycles. The Hall–Kier alpha value is -3.66. The molecule has 0 saturated heterocycles. The molecule has 0 aliphatic carbocycles. The molecule has 1 amide bonds. The molecule has 0 radical (unpaired) electrons. The summed E-state index contributed by atoms with van der Waals surface area (Å²) in [5.74, 6) is -0.560. The highest BCUT2D eigenvalue weighted by Crippen LogP contribution is 2.28. The first-order valence-corrected chi connectivity index (χ1v) is 11.0. The Bertz CT molecular complexity index is 1260. The predicted octanol–water partition coefficient (Wildman–Crippen LogP) is 3.20. The smallest absolute Gasteiger partial charge is 0.338 e. The minimum atomic E-state index is -0.522. The van der Waals surface area contributed by atoms with Crippen LogP contribution in [0.15, 0.2) is 41.4 Å². The number of aromatic nitrogens is 1. The van der Waals surface area contributed by atoms with Crippen molar-refractivity contribution in [3.63, 3.8) is 0 Å². The van der Waals surface area contributed by atoms with Gasteiger partial charge in [0.1, 0.15) is 6.54 Å². The first-order chi connectivity index (χ1) is 15.9. The van der Waals surface area contributed by atoms with Crippen molar-refractivity contribution in [1.82, 2.24) is 4.57 Å². The van der Waals surface area contributed by atoms with Gasteiger partial charge in [-0.1, -0.05) is 11.3 Å². The number of benzene rings is 2. The van der Waals surface area contributed by atoms with E-state index in [9.17, 15) is 14.4 Å². The number of carbonyl (C=O) groups excluding carboxylic acids is 3. The van der Waals surface area contributed by atoms with Crippen LogP contribution < -0.4 is 14.3 Å². The molecule has 0 unspecified atom stereocenters. The number of ether oxygens (including phenoxy) is 4. The van der Waals surface area contributed by atoms with E-state index in [2.05, 4.69) is 4.99 Å². The summed E-state index contributed by atoms with van der Waals surface area (Å²) in [7, 11) is 2.98. The number of esters is 2. The summed E-state index contributed by atoms with van der Waals surface area (Å²) in [6.45, 7) is 3.79. The lowest BCUT2D eigenvalue weighted by Crippen LogP contribution is -2.23. The molecule has 0 N–H and O–H groups in total. The van der Waals surface area contributed by atoms with Crippen LogP contribution in [0.25, 0.3) is 10.2 Å². The monoisotopic (exact) mass is 472 g/mol. The third-order valence-corrected chi connectivity index (χ3v) is 5.66. The number of rotatable bonds is 8. The molecule has 0 bridgehead atoms. The molecular weight excluding hydrogens is 448 g/mol. The van der Waals surface area contributed by atoms with E-state index in [1.165, 1.54) is 31.6 Å². The van der Waals surface area contributed by atoms with E-state index in [0.29, 0.717) is 37.6 Å². The fraction of sp³-hybridized carbons (Fsp3) is 0.304. The Kier molecular flexibility index (Phi) is 7.83. The number of amides is 1. The fourth-order valence-corrected chi connectivity index (χ4v) is 4.18. The van der Waals surface area contributed by atoms with E-state index in [0.717, 1.165) is 0 Å². The lowest BCUT2D eigenvalue weighted by molar-refractivity contribution is -0.143. The van der Waals surface area contributed by atoms with E-state index in [1.807, 2.05) is 0 Å². The lowest BCUT2D eigenvalue weighted by atomic mass is 10.2. The number of nitrogens with zero attached hydrogens (tertiary/aromatic N) is 2. The van der Waals surface area contributed by atoms with Gasteiger partial charge in [0.2, 0.25) is 0 Å². The molecule has 10 heteroatoms. The van der Waals surface area contributed by atoms with Crippen LogP contribution >= 0.6 is 11.3 Å². The van der Waals surface area contributed by atoms with Crippen LogP contribution in [0.5, 0.6) is 11.5 Å². The average molecular weight is 473 g/mol. The number of hydrogen-bond donors (Lipinski definition) is 0. The Morgan fingerprint density at radius 3 is 2.27 bits per heavy atom. The van der Waals surface area contributed by atoms with Crippen LogP contribution in [-0.4, -0.2) is 49.8 Å². The highest BCUT2D eigenvalue weighted by molar-refractivity contribution is 7.16. The van der Waals surface area contributed by atoms with Gasteiger partial charge >= 0.3 is 11.9 Å². The molecule has 3 aromatic rings. The molecule has 9 nitrogen and oxygen atoms in total. The van der Waals surface area contributed by atoms with Crippen molar-refractivity contribution in [2.24, 2.45) is 4.99 Å². The third-order valence-electron chi connectivity index (χ3n) is 4.61. The Morgan fingerprint density at radius 1 is 0.909 bits per heavy atom. The normalized spacial score (nSPS) is 11.3. The summed E-state index contributed by atoms with van der Waals surface area (Å²) in [6.07, 6.45) is 0. The van der Waals surface area contributed by atoms with E-state index >= 15 is 0 Å². The van der Waals surface area contributed by atoms with Gasteiger partial charge in [0, 0.05) is 5.56 Å². The van der Waals surface area contributed by atoms with Crippen LogP contribution in [0.2, 0.25) is 0 Å². The highest BCUT2D eigenvalue weighted by Gasteiger charge is 2.16. The van der Waals surface area contributed by atoms with Crippen molar-refractivity contribution < 1.29 is 33.3 Å². The number of methoxy groups -OCH3 is 2. The van der Waals surface area contributed by atoms with Gasteiger partial charge in [-0.3, -0.25) is 9.59 Å². The highest BCUT2D eigenvalue weighted by atomic mass is 32.1. The second-order valence-electron chi connectivity index (χ2n) is 6.67. The molecule has 0 atom stereocenters. The van der Waals surface area contributed by atoms with Gasteiger partial charge in [-0.2, -0.15) is 4.99 Å². The van der Waals surface area contributed by atoms with Gasteiger partial charge in [0.25, 0.3) is 5.91 Å². The van der Waals surface area contributed by atoms with Crippen LogP contribution in [0, 0.1) is 0 Å². The molecule has 2 aromatic carbocycles. The zero-order valence-corrected chi connectivity index (χ0v) is 19.6. The second-order valence-corrected chi connectivity index (χ2v) is 7.67. The molecule has 1 aromatic heterocycles. The maximum Gasteiger partial charge on any atom is 0.338 e. The minimum Gasteiger partial charge on any atom is -0.493 e. The van der Waals surface area contributed by atoms with Gasteiger partial charge in [-0.15, -0.1) is 0 Å². The van der Waals surface area contributed by atoms with Crippen molar-refractivity contribution in [2.75, 3.05) is 27.4 Å². The Balaban J connectivity index is 2.10. The molecule has 0 spiro atoms. The molecule has 0 fully saturated rings. The summed E-state index contributed by atoms with van der Waals surface area (Å²) >= 11 is 1.18. The van der Waals surface area contributed by atoms with Crippen molar-refractivity contribution in [3.05, 3.63) is 52.3 Å². The van der Waals surface area contributed by atoms with Crippen LogP contribution in [0.1, 0.15) is 34.6 Å². The quantitative estimate of drug-likeness (QED) is 0.464. The number of thiazole rings is 1. The van der Waals surface area contributed by atoms with Gasteiger partial charge < -0.3 is 23.5 Å². The van der Waals surface area contributed by atoms with Crippen molar-refractivity contribution in [1.29, 1.82) is 0 Å².